The molecule has 5 nitrogen and oxygen atoms in total. The quantitative estimate of drug-likeness (QED) is 0.910. The van der Waals surface area contributed by atoms with Crippen LogP contribution in [0.15, 0.2) is 22.8 Å². The highest BCUT2D eigenvalue weighted by Gasteiger charge is 2.14. The first-order valence-electron chi connectivity index (χ1n) is 7.19. The molecule has 1 unspecified atom stereocenters. The molecule has 108 valence electrons. The van der Waals surface area contributed by atoms with E-state index in [2.05, 4.69) is 43.2 Å². The maximum absolute atomic E-state index is 4.46. The maximum Gasteiger partial charge on any atom is 0.243 e. The molecular weight excluding hydrogens is 318 g/mol. The van der Waals surface area contributed by atoms with Crippen molar-refractivity contribution in [3.8, 4) is 0 Å². The number of rotatable bonds is 5. The Morgan fingerprint density at radius 3 is 2.95 bits per heavy atom. The Kier molecular flexibility index (Phi) is 4.21. The number of halogens is 1. The van der Waals surface area contributed by atoms with Crippen LogP contribution >= 0.6 is 15.9 Å². The molecule has 0 radical (unpaired) electrons. The van der Waals surface area contributed by atoms with Crippen LogP contribution in [0.3, 0.4) is 0 Å². The second-order valence-electron chi connectivity index (χ2n) is 5.58. The summed E-state index contributed by atoms with van der Waals surface area (Å²) in [7, 11) is 0. The zero-order chi connectivity index (χ0) is 13.9. The number of hydrogen-bond donors (Lipinski definition) is 1. The fraction of sp³-hybridized carbons (Fsp3) is 0.571. The van der Waals surface area contributed by atoms with E-state index in [1.807, 2.05) is 18.3 Å². The Labute approximate surface area is 127 Å². The van der Waals surface area contributed by atoms with Crippen molar-refractivity contribution in [3.05, 3.63) is 22.8 Å². The van der Waals surface area contributed by atoms with Crippen LogP contribution in [0.25, 0.3) is 5.65 Å². The Morgan fingerprint density at radius 2 is 2.15 bits per heavy atom. The molecule has 1 N–H and O–H groups in total. The summed E-state index contributed by atoms with van der Waals surface area (Å²) in [5, 5.41) is 7.77. The van der Waals surface area contributed by atoms with Crippen LogP contribution in [0, 0.1) is 5.92 Å². The molecule has 1 aliphatic rings. The van der Waals surface area contributed by atoms with Gasteiger partial charge in [-0.3, -0.25) is 0 Å². The highest BCUT2D eigenvalue weighted by Crippen LogP contribution is 2.13. The molecule has 2 aromatic rings. The van der Waals surface area contributed by atoms with Crippen molar-refractivity contribution >= 4 is 27.5 Å². The molecule has 3 rings (SSSR count). The van der Waals surface area contributed by atoms with E-state index in [0.29, 0.717) is 11.9 Å². The summed E-state index contributed by atoms with van der Waals surface area (Å²) in [5.74, 6) is 1.31. The zero-order valence-corrected chi connectivity index (χ0v) is 13.3. The molecule has 0 amide bonds. The number of aromatic nitrogens is 3. The van der Waals surface area contributed by atoms with Crippen LogP contribution in [-0.4, -0.2) is 45.7 Å². The van der Waals surface area contributed by atoms with E-state index in [-0.39, 0.29) is 0 Å². The smallest absolute Gasteiger partial charge is 0.243 e. The average Bonchev–Trinajstić information content (AvgIpc) is 3.04. The number of nitrogens with one attached hydrogen (secondary N) is 1. The number of hydrogen-bond acceptors (Lipinski definition) is 4. The third-order valence-corrected chi connectivity index (χ3v) is 4.14. The number of likely N-dealkylation sites (tertiary alicyclic amines) is 1. The van der Waals surface area contributed by atoms with Crippen molar-refractivity contribution in [2.24, 2.45) is 5.92 Å². The van der Waals surface area contributed by atoms with Gasteiger partial charge in [-0.2, -0.15) is 4.98 Å². The van der Waals surface area contributed by atoms with Crippen LogP contribution in [0.5, 0.6) is 0 Å². The largest absolute Gasteiger partial charge is 0.353 e. The lowest BCUT2D eigenvalue weighted by molar-refractivity contribution is 0.294. The molecule has 0 aromatic carbocycles. The monoisotopic (exact) mass is 337 g/mol. The number of anilines is 1. The van der Waals surface area contributed by atoms with E-state index < -0.39 is 0 Å². The van der Waals surface area contributed by atoms with Crippen molar-refractivity contribution in [3.63, 3.8) is 0 Å². The normalized spacial score (nSPS) is 17.7. The highest BCUT2D eigenvalue weighted by molar-refractivity contribution is 9.10. The van der Waals surface area contributed by atoms with Crippen LogP contribution in [-0.2, 0) is 0 Å². The van der Waals surface area contributed by atoms with E-state index in [0.717, 1.165) is 23.2 Å². The van der Waals surface area contributed by atoms with Crippen molar-refractivity contribution < 1.29 is 0 Å². The van der Waals surface area contributed by atoms with Gasteiger partial charge in [0.2, 0.25) is 5.95 Å². The van der Waals surface area contributed by atoms with Crippen molar-refractivity contribution in [2.75, 3.05) is 31.5 Å². The van der Waals surface area contributed by atoms with Gasteiger partial charge in [-0.1, -0.05) is 6.92 Å². The van der Waals surface area contributed by atoms with Crippen molar-refractivity contribution in [1.82, 2.24) is 19.5 Å². The predicted molar refractivity (Wildman–Crippen MR) is 84.0 cm³/mol. The van der Waals surface area contributed by atoms with Crippen molar-refractivity contribution in [1.29, 1.82) is 0 Å². The first-order valence-corrected chi connectivity index (χ1v) is 7.98. The summed E-state index contributed by atoms with van der Waals surface area (Å²) in [5.41, 5.74) is 0.864. The van der Waals surface area contributed by atoms with Gasteiger partial charge in [0.1, 0.15) is 0 Å². The second kappa shape index (κ2) is 6.10. The van der Waals surface area contributed by atoms with Gasteiger partial charge in [0.25, 0.3) is 0 Å². The lowest BCUT2D eigenvalue weighted by atomic mass is 10.1. The molecule has 1 saturated heterocycles. The van der Waals surface area contributed by atoms with Gasteiger partial charge >= 0.3 is 0 Å². The fourth-order valence-corrected chi connectivity index (χ4v) is 3.00. The highest BCUT2D eigenvalue weighted by atomic mass is 79.9. The van der Waals surface area contributed by atoms with E-state index in [1.54, 1.807) is 4.52 Å². The van der Waals surface area contributed by atoms with E-state index in [4.69, 9.17) is 0 Å². The Balaban J connectivity index is 1.56. The molecule has 3 heterocycles. The first-order chi connectivity index (χ1) is 9.70. The van der Waals surface area contributed by atoms with Crippen molar-refractivity contribution in [2.45, 2.75) is 19.8 Å². The number of fused-ring (bicyclic) bond motifs is 1. The molecule has 0 aliphatic carbocycles. The third-order valence-electron chi connectivity index (χ3n) is 3.67. The summed E-state index contributed by atoms with van der Waals surface area (Å²) in [4.78, 5) is 7.01. The minimum absolute atomic E-state index is 0.603. The SMILES string of the molecule is CC(CNc1nc2ccc(Br)cn2n1)CN1CCCC1. The molecule has 0 bridgehead atoms. The molecule has 1 aliphatic heterocycles. The summed E-state index contributed by atoms with van der Waals surface area (Å²) in [6, 6.07) is 3.93. The summed E-state index contributed by atoms with van der Waals surface area (Å²) >= 11 is 3.44. The molecule has 0 spiro atoms. The topological polar surface area (TPSA) is 45.5 Å². The molecule has 1 fully saturated rings. The van der Waals surface area contributed by atoms with E-state index >= 15 is 0 Å². The van der Waals surface area contributed by atoms with Crippen LogP contribution < -0.4 is 5.32 Å². The number of pyridine rings is 1. The lowest BCUT2D eigenvalue weighted by Gasteiger charge is -2.20. The average molecular weight is 338 g/mol. The predicted octanol–water partition coefficient (Wildman–Crippen LogP) is 2.64. The summed E-state index contributed by atoms with van der Waals surface area (Å²) in [6.07, 6.45) is 4.62. The lowest BCUT2D eigenvalue weighted by Crippen LogP contribution is -2.29. The van der Waals surface area contributed by atoms with Gasteiger partial charge < -0.3 is 10.2 Å². The van der Waals surface area contributed by atoms with Gasteiger partial charge in [-0.15, -0.1) is 5.10 Å². The Morgan fingerprint density at radius 1 is 1.35 bits per heavy atom. The standard InChI is InChI=1S/C14H20BrN5/c1-11(9-19-6-2-3-7-19)8-16-14-17-13-5-4-12(15)10-20(13)18-14/h4-5,10-11H,2-3,6-9H2,1H3,(H,16,18). The minimum Gasteiger partial charge on any atom is -0.353 e. The minimum atomic E-state index is 0.603. The van der Waals surface area contributed by atoms with Gasteiger partial charge in [0.15, 0.2) is 5.65 Å². The number of nitrogens with zero attached hydrogens (tertiary/aromatic N) is 4. The summed E-state index contributed by atoms with van der Waals surface area (Å²) in [6.45, 7) is 6.86. The van der Waals surface area contributed by atoms with Crippen LogP contribution in [0.1, 0.15) is 19.8 Å². The first kappa shape index (κ1) is 13.8. The van der Waals surface area contributed by atoms with Crippen LogP contribution in [0.2, 0.25) is 0 Å². The van der Waals surface area contributed by atoms with Gasteiger partial charge in [-0.25, -0.2) is 4.52 Å². The second-order valence-corrected chi connectivity index (χ2v) is 6.49. The molecular formula is C14H20BrN5. The fourth-order valence-electron chi connectivity index (χ4n) is 2.67. The van der Waals surface area contributed by atoms with Gasteiger partial charge in [0, 0.05) is 23.8 Å². The third kappa shape index (κ3) is 3.30. The maximum atomic E-state index is 4.46. The Bertz CT molecular complexity index is 576. The molecule has 1 atom stereocenters. The molecule has 20 heavy (non-hydrogen) atoms. The molecule has 2 aromatic heterocycles. The molecule has 0 saturated carbocycles. The summed E-state index contributed by atoms with van der Waals surface area (Å²) < 4.78 is 2.79. The van der Waals surface area contributed by atoms with Gasteiger partial charge in [0.05, 0.1) is 0 Å². The van der Waals surface area contributed by atoms with E-state index in [1.165, 1.54) is 25.9 Å². The molecule has 6 heteroatoms. The Hall–Kier alpha value is -1.14. The van der Waals surface area contributed by atoms with Gasteiger partial charge in [-0.05, 0) is 59.9 Å². The zero-order valence-electron chi connectivity index (χ0n) is 11.7. The van der Waals surface area contributed by atoms with E-state index in [9.17, 15) is 0 Å². The van der Waals surface area contributed by atoms with Crippen LogP contribution in [0.4, 0.5) is 5.95 Å².